The SMILES string of the molecule is C#Cc1cn2nc(SCCCCCCC)sc2nc1=O. The molecule has 2 rings (SSSR count). The number of rotatable bonds is 7. The highest BCUT2D eigenvalue weighted by Gasteiger charge is 2.07. The molecule has 0 N–H and O–H groups in total. The molecule has 0 spiro atoms. The van der Waals surface area contributed by atoms with Crippen LogP contribution in [-0.4, -0.2) is 20.4 Å². The fourth-order valence-electron chi connectivity index (χ4n) is 1.78. The summed E-state index contributed by atoms with van der Waals surface area (Å²) in [7, 11) is 0. The lowest BCUT2D eigenvalue weighted by Crippen LogP contribution is -2.11. The van der Waals surface area contributed by atoms with Gasteiger partial charge in [-0.25, -0.2) is 4.52 Å². The zero-order chi connectivity index (χ0) is 14.4. The second-order valence-electron chi connectivity index (χ2n) is 4.46. The van der Waals surface area contributed by atoms with Crippen LogP contribution in [0.2, 0.25) is 0 Å². The average molecular weight is 307 g/mol. The summed E-state index contributed by atoms with van der Waals surface area (Å²) >= 11 is 3.15. The Morgan fingerprint density at radius 2 is 2.20 bits per heavy atom. The standard InChI is InChI=1S/C14H17N3OS2/c1-3-5-6-7-8-9-19-14-16-17-10-11(4-2)12(18)15-13(17)20-14/h2,10H,3,5-9H2,1H3. The maximum atomic E-state index is 11.5. The van der Waals surface area contributed by atoms with E-state index in [2.05, 4.69) is 22.9 Å². The van der Waals surface area contributed by atoms with Gasteiger partial charge in [-0.3, -0.25) is 4.79 Å². The second kappa shape index (κ2) is 7.46. The zero-order valence-corrected chi connectivity index (χ0v) is 13.1. The maximum Gasteiger partial charge on any atom is 0.289 e. The number of aromatic nitrogens is 3. The molecule has 0 saturated heterocycles. The van der Waals surface area contributed by atoms with Gasteiger partial charge in [-0.2, -0.15) is 4.98 Å². The van der Waals surface area contributed by atoms with Crippen LogP contribution in [-0.2, 0) is 0 Å². The largest absolute Gasteiger partial charge is 0.289 e. The molecule has 0 bridgehead atoms. The molecule has 4 nitrogen and oxygen atoms in total. The van der Waals surface area contributed by atoms with E-state index in [1.807, 2.05) is 0 Å². The number of thioether (sulfide) groups is 1. The van der Waals surface area contributed by atoms with Crippen LogP contribution < -0.4 is 5.56 Å². The molecule has 0 amide bonds. The predicted molar refractivity (Wildman–Crippen MR) is 84.6 cm³/mol. The summed E-state index contributed by atoms with van der Waals surface area (Å²) in [4.78, 5) is 16.1. The van der Waals surface area contributed by atoms with Gasteiger partial charge >= 0.3 is 0 Å². The Labute approximate surface area is 126 Å². The minimum absolute atomic E-state index is 0.254. The van der Waals surface area contributed by atoms with Gasteiger partial charge in [0.2, 0.25) is 4.96 Å². The molecule has 0 fully saturated rings. The highest BCUT2D eigenvalue weighted by atomic mass is 32.2. The fourth-order valence-corrected chi connectivity index (χ4v) is 3.76. The Morgan fingerprint density at radius 1 is 1.40 bits per heavy atom. The molecule has 0 aliphatic rings. The zero-order valence-electron chi connectivity index (χ0n) is 11.5. The second-order valence-corrected chi connectivity index (χ2v) is 6.76. The van der Waals surface area contributed by atoms with Gasteiger partial charge in [0.05, 0.1) is 6.20 Å². The molecule has 0 atom stereocenters. The predicted octanol–water partition coefficient (Wildman–Crippen LogP) is 3.19. The number of hydrogen-bond acceptors (Lipinski definition) is 5. The van der Waals surface area contributed by atoms with Gasteiger partial charge in [0.25, 0.3) is 5.56 Å². The van der Waals surface area contributed by atoms with Crippen molar-refractivity contribution in [2.75, 3.05) is 5.75 Å². The Balaban J connectivity index is 1.95. The van der Waals surface area contributed by atoms with Crippen LogP contribution in [0.25, 0.3) is 4.96 Å². The molecule has 0 aliphatic heterocycles. The third kappa shape index (κ3) is 3.84. The van der Waals surface area contributed by atoms with E-state index in [4.69, 9.17) is 6.42 Å². The lowest BCUT2D eigenvalue weighted by atomic mass is 10.2. The van der Waals surface area contributed by atoms with E-state index >= 15 is 0 Å². The topological polar surface area (TPSA) is 47.3 Å². The number of fused-ring (bicyclic) bond motifs is 1. The Morgan fingerprint density at radius 3 is 2.95 bits per heavy atom. The minimum Gasteiger partial charge on any atom is -0.266 e. The van der Waals surface area contributed by atoms with Crippen molar-refractivity contribution < 1.29 is 0 Å². The molecule has 0 unspecified atom stereocenters. The van der Waals surface area contributed by atoms with Crippen molar-refractivity contribution in [2.24, 2.45) is 0 Å². The first kappa shape index (κ1) is 15.1. The lowest BCUT2D eigenvalue weighted by molar-refractivity contribution is 0.659. The van der Waals surface area contributed by atoms with Crippen LogP contribution in [0.15, 0.2) is 15.3 Å². The van der Waals surface area contributed by atoms with Crippen LogP contribution in [0.4, 0.5) is 0 Å². The van der Waals surface area contributed by atoms with Crippen LogP contribution >= 0.6 is 23.1 Å². The van der Waals surface area contributed by atoms with Gasteiger partial charge in [-0.1, -0.05) is 61.6 Å². The Hall–Kier alpha value is -1.32. The van der Waals surface area contributed by atoms with Crippen molar-refractivity contribution >= 4 is 28.1 Å². The molecule has 0 aliphatic carbocycles. The van der Waals surface area contributed by atoms with E-state index in [1.54, 1.807) is 22.5 Å². The van der Waals surface area contributed by atoms with Crippen molar-refractivity contribution in [3.05, 3.63) is 22.1 Å². The monoisotopic (exact) mass is 307 g/mol. The van der Waals surface area contributed by atoms with Gasteiger partial charge in [0.15, 0.2) is 4.34 Å². The summed E-state index contributed by atoms with van der Waals surface area (Å²) in [5.74, 6) is 3.38. The average Bonchev–Trinajstić information content (AvgIpc) is 2.83. The minimum atomic E-state index is -0.354. The Bertz CT molecular complexity index is 669. The maximum absolute atomic E-state index is 11.5. The summed E-state index contributed by atoms with van der Waals surface area (Å²) < 4.78 is 2.53. The molecule has 2 aromatic heterocycles. The highest BCUT2D eigenvalue weighted by molar-refractivity contribution is 8.01. The molecule has 0 saturated carbocycles. The van der Waals surface area contributed by atoms with E-state index < -0.39 is 0 Å². The van der Waals surface area contributed by atoms with E-state index in [-0.39, 0.29) is 11.1 Å². The molecule has 2 heterocycles. The molecular formula is C14H17N3OS2. The molecule has 106 valence electrons. The summed E-state index contributed by atoms with van der Waals surface area (Å²) in [6.07, 6.45) is 13.2. The first-order valence-electron chi connectivity index (χ1n) is 6.74. The third-order valence-electron chi connectivity index (χ3n) is 2.87. The van der Waals surface area contributed by atoms with Crippen molar-refractivity contribution in [3.8, 4) is 12.3 Å². The van der Waals surface area contributed by atoms with Crippen molar-refractivity contribution in [2.45, 2.75) is 43.4 Å². The number of unbranched alkanes of at least 4 members (excludes halogenated alkanes) is 4. The van der Waals surface area contributed by atoms with E-state index in [0.717, 1.165) is 10.1 Å². The molecule has 0 aromatic carbocycles. The highest BCUT2D eigenvalue weighted by Crippen LogP contribution is 2.24. The van der Waals surface area contributed by atoms with E-state index in [9.17, 15) is 4.79 Å². The molecule has 2 aromatic rings. The van der Waals surface area contributed by atoms with E-state index in [0.29, 0.717) is 4.96 Å². The fraction of sp³-hybridized carbons (Fsp3) is 0.500. The molecule has 0 radical (unpaired) electrons. The summed E-state index contributed by atoms with van der Waals surface area (Å²) in [5, 5.41) is 4.40. The van der Waals surface area contributed by atoms with Gasteiger partial charge in [-0.05, 0) is 6.42 Å². The van der Waals surface area contributed by atoms with Gasteiger partial charge < -0.3 is 0 Å². The van der Waals surface area contributed by atoms with Crippen molar-refractivity contribution in [1.29, 1.82) is 0 Å². The van der Waals surface area contributed by atoms with Crippen LogP contribution in [0.1, 0.15) is 44.6 Å². The summed E-state index contributed by atoms with van der Waals surface area (Å²) in [6.45, 7) is 2.22. The van der Waals surface area contributed by atoms with Gasteiger partial charge in [-0.15, -0.1) is 11.5 Å². The van der Waals surface area contributed by atoms with E-state index in [1.165, 1.54) is 43.4 Å². The smallest absolute Gasteiger partial charge is 0.266 e. The van der Waals surface area contributed by atoms with Crippen LogP contribution in [0, 0.1) is 12.3 Å². The number of terminal acetylenes is 1. The quantitative estimate of drug-likeness (QED) is 0.448. The number of nitrogens with zero attached hydrogens (tertiary/aromatic N) is 3. The van der Waals surface area contributed by atoms with Crippen LogP contribution in [0.3, 0.4) is 0 Å². The summed E-state index contributed by atoms with van der Waals surface area (Å²) in [6, 6.07) is 0. The Kier molecular flexibility index (Phi) is 5.62. The van der Waals surface area contributed by atoms with Crippen molar-refractivity contribution in [3.63, 3.8) is 0 Å². The first-order valence-corrected chi connectivity index (χ1v) is 8.54. The van der Waals surface area contributed by atoms with Gasteiger partial charge in [0, 0.05) is 5.75 Å². The normalized spacial score (nSPS) is 10.8. The van der Waals surface area contributed by atoms with Crippen molar-refractivity contribution in [1.82, 2.24) is 14.6 Å². The first-order chi connectivity index (χ1) is 9.74. The van der Waals surface area contributed by atoms with Crippen LogP contribution in [0.5, 0.6) is 0 Å². The molecule has 6 heteroatoms. The third-order valence-corrected chi connectivity index (χ3v) is 5.01. The lowest BCUT2D eigenvalue weighted by Gasteiger charge is -1.97. The number of hydrogen-bond donors (Lipinski definition) is 0. The molecule has 20 heavy (non-hydrogen) atoms. The van der Waals surface area contributed by atoms with Gasteiger partial charge in [0.1, 0.15) is 5.56 Å². The molecular weight excluding hydrogens is 290 g/mol. The summed E-state index contributed by atoms with van der Waals surface area (Å²) in [5.41, 5.74) is -0.101.